The average molecular weight is 233 g/mol. The molecule has 0 saturated carbocycles. The van der Waals surface area contributed by atoms with E-state index in [0.717, 1.165) is 25.2 Å². The number of likely N-dealkylation sites (tertiary alicyclic amines) is 1. The summed E-state index contributed by atoms with van der Waals surface area (Å²) in [5, 5.41) is 0. The van der Waals surface area contributed by atoms with Crippen LogP contribution in [0.4, 0.5) is 0 Å². The molecule has 0 spiro atoms. The molecule has 1 atom stereocenters. The maximum Gasteiger partial charge on any atom is 0.314 e. The van der Waals surface area contributed by atoms with Crippen LogP contribution in [0, 0.1) is 0 Å². The van der Waals surface area contributed by atoms with Gasteiger partial charge in [-0.1, -0.05) is 30.3 Å². The largest absolute Gasteiger partial charge is 0.469 e. The van der Waals surface area contributed by atoms with Crippen molar-refractivity contribution in [2.45, 2.75) is 18.8 Å². The molecule has 0 bridgehead atoms. The maximum absolute atomic E-state index is 11.9. The monoisotopic (exact) mass is 233 g/mol. The Balaban J connectivity index is 2.10. The number of carbonyl (C=O) groups excluding carboxylic acids is 1. The molecule has 1 aliphatic heterocycles. The number of ether oxygens (including phenoxy) is 1. The van der Waals surface area contributed by atoms with Gasteiger partial charge < -0.3 is 9.64 Å². The molecule has 0 amide bonds. The number of nitrogens with zero attached hydrogens (tertiary/aromatic N) is 1. The van der Waals surface area contributed by atoms with E-state index < -0.39 is 0 Å². The third-order valence-corrected chi connectivity index (χ3v) is 3.33. The molecule has 92 valence electrons. The molecule has 3 heteroatoms. The summed E-state index contributed by atoms with van der Waals surface area (Å²) in [6.45, 7) is 2.97. The Kier molecular flexibility index (Phi) is 4.15. The van der Waals surface area contributed by atoms with Crippen molar-refractivity contribution in [1.29, 1.82) is 0 Å². The van der Waals surface area contributed by atoms with Gasteiger partial charge in [-0.05, 0) is 31.5 Å². The van der Waals surface area contributed by atoms with Crippen molar-refractivity contribution >= 4 is 5.97 Å². The lowest BCUT2D eigenvalue weighted by Gasteiger charge is -2.21. The van der Waals surface area contributed by atoms with Crippen LogP contribution in [0.15, 0.2) is 30.3 Å². The van der Waals surface area contributed by atoms with Crippen LogP contribution in [-0.2, 0) is 9.53 Å². The molecule has 1 saturated heterocycles. The minimum atomic E-state index is -0.153. The summed E-state index contributed by atoms with van der Waals surface area (Å²) >= 11 is 0. The van der Waals surface area contributed by atoms with Crippen molar-refractivity contribution in [3.63, 3.8) is 0 Å². The van der Waals surface area contributed by atoms with E-state index in [1.165, 1.54) is 20.0 Å². The van der Waals surface area contributed by atoms with Gasteiger partial charge in [0.2, 0.25) is 0 Å². The zero-order valence-corrected chi connectivity index (χ0v) is 10.3. The highest BCUT2D eigenvalue weighted by Gasteiger charge is 2.25. The third-order valence-electron chi connectivity index (χ3n) is 3.33. The Morgan fingerprint density at radius 1 is 1.29 bits per heavy atom. The summed E-state index contributed by atoms with van der Waals surface area (Å²) in [5.41, 5.74) is 1.05. The van der Waals surface area contributed by atoms with Crippen LogP contribution in [0.5, 0.6) is 0 Å². The van der Waals surface area contributed by atoms with E-state index >= 15 is 0 Å². The second kappa shape index (κ2) is 5.82. The summed E-state index contributed by atoms with van der Waals surface area (Å²) in [7, 11) is 1.46. The fourth-order valence-electron chi connectivity index (χ4n) is 2.37. The molecular formula is C14H19NO2. The van der Waals surface area contributed by atoms with Gasteiger partial charge >= 0.3 is 5.97 Å². The van der Waals surface area contributed by atoms with E-state index in [2.05, 4.69) is 4.90 Å². The molecule has 1 aliphatic rings. The van der Waals surface area contributed by atoms with Crippen molar-refractivity contribution in [2.24, 2.45) is 0 Å². The van der Waals surface area contributed by atoms with Gasteiger partial charge in [0.05, 0.1) is 13.0 Å². The Labute approximate surface area is 102 Å². The van der Waals surface area contributed by atoms with Crippen molar-refractivity contribution < 1.29 is 9.53 Å². The van der Waals surface area contributed by atoms with Gasteiger partial charge in [-0.15, -0.1) is 0 Å². The summed E-state index contributed by atoms with van der Waals surface area (Å²) in [6, 6.07) is 9.90. The third kappa shape index (κ3) is 3.07. The van der Waals surface area contributed by atoms with E-state index in [1.807, 2.05) is 30.3 Å². The molecule has 1 aromatic carbocycles. The Morgan fingerprint density at radius 2 is 1.94 bits per heavy atom. The first-order valence-electron chi connectivity index (χ1n) is 6.16. The van der Waals surface area contributed by atoms with Gasteiger partial charge in [0.25, 0.3) is 0 Å². The fraction of sp³-hybridized carbons (Fsp3) is 0.500. The van der Waals surface area contributed by atoms with Gasteiger partial charge in [-0.3, -0.25) is 4.79 Å². The number of carbonyl (C=O) groups is 1. The first-order valence-corrected chi connectivity index (χ1v) is 6.16. The predicted octanol–water partition coefficient (Wildman–Crippen LogP) is 2.04. The quantitative estimate of drug-likeness (QED) is 0.745. The van der Waals surface area contributed by atoms with E-state index in [-0.39, 0.29) is 11.9 Å². The van der Waals surface area contributed by atoms with Gasteiger partial charge in [0, 0.05) is 6.54 Å². The van der Waals surface area contributed by atoms with Crippen LogP contribution in [0.3, 0.4) is 0 Å². The lowest BCUT2D eigenvalue weighted by molar-refractivity contribution is -0.142. The molecule has 2 rings (SSSR count). The number of esters is 1. The number of methoxy groups -OCH3 is 1. The van der Waals surface area contributed by atoms with Crippen LogP contribution in [0.25, 0.3) is 0 Å². The molecule has 3 nitrogen and oxygen atoms in total. The highest BCUT2D eigenvalue weighted by Crippen LogP contribution is 2.20. The zero-order valence-electron chi connectivity index (χ0n) is 10.3. The van der Waals surface area contributed by atoms with E-state index in [4.69, 9.17) is 4.74 Å². The molecule has 1 fully saturated rings. The second-order valence-electron chi connectivity index (χ2n) is 4.49. The molecule has 0 aromatic heterocycles. The van der Waals surface area contributed by atoms with Crippen LogP contribution >= 0.6 is 0 Å². The van der Waals surface area contributed by atoms with E-state index in [9.17, 15) is 4.79 Å². The minimum Gasteiger partial charge on any atom is -0.469 e. The van der Waals surface area contributed by atoms with Crippen molar-refractivity contribution in [3.8, 4) is 0 Å². The smallest absolute Gasteiger partial charge is 0.314 e. The van der Waals surface area contributed by atoms with E-state index in [0.29, 0.717) is 0 Å². The highest BCUT2D eigenvalue weighted by atomic mass is 16.5. The van der Waals surface area contributed by atoms with Gasteiger partial charge in [-0.2, -0.15) is 0 Å². The zero-order chi connectivity index (χ0) is 12.1. The van der Waals surface area contributed by atoms with Crippen molar-refractivity contribution in [1.82, 2.24) is 4.90 Å². The highest BCUT2D eigenvalue weighted by molar-refractivity contribution is 5.78. The van der Waals surface area contributed by atoms with Crippen LogP contribution in [0.2, 0.25) is 0 Å². The number of benzene rings is 1. The van der Waals surface area contributed by atoms with Crippen LogP contribution < -0.4 is 0 Å². The Hall–Kier alpha value is -1.35. The lowest BCUT2D eigenvalue weighted by Crippen LogP contribution is -2.30. The summed E-state index contributed by atoms with van der Waals surface area (Å²) in [4.78, 5) is 14.2. The summed E-state index contributed by atoms with van der Waals surface area (Å²) < 4.78 is 4.91. The number of rotatable bonds is 4. The molecule has 0 radical (unpaired) electrons. The first-order chi connectivity index (χ1) is 8.31. The summed E-state index contributed by atoms with van der Waals surface area (Å²) in [5.74, 6) is -0.289. The Bertz CT molecular complexity index is 358. The van der Waals surface area contributed by atoms with Gasteiger partial charge in [0.15, 0.2) is 0 Å². The minimum absolute atomic E-state index is 0.136. The second-order valence-corrected chi connectivity index (χ2v) is 4.49. The lowest BCUT2D eigenvalue weighted by atomic mass is 9.99. The van der Waals surface area contributed by atoms with Gasteiger partial charge in [0.1, 0.15) is 0 Å². The predicted molar refractivity (Wildman–Crippen MR) is 66.9 cm³/mol. The van der Waals surface area contributed by atoms with Crippen molar-refractivity contribution in [3.05, 3.63) is 35.9 Å². The molecular weight excluding hydrogens is 214 g/mol. The topological polar surface area (TPSA) is 29.5 Å². The Morgan fingerprint density at radius 3 is 2.53 bits per heavy atom. The standard InChI is InChI=1S/C14H19NO2/c1-17-14(16)13(11-15-9-5-6-10-15)12-7-3-2-4-8-12/h2-4,7-8,13H,5-6,9-11H2,1H3. The fourth-order valence-corrected chi connectivity index (χ4v) is 2.37. The molecule has 0 N–H and O–H groups in total. The molecule has 17 heavy (non-hydrogen) atoms. The first kappa shape index (κ1) is 12.1. The molecule has 0 aliphatic carbocycles. The van der Waals surface area contributed by atoms with E-state index in [1.54, 1.807) is 0 Å². The molecule has 1 heterocycles. The maximum atomic E-state index is 11.9. The summed E-state index contributed by atoms with van der Waals surface area (Å²) in [6.07, 6.45) is 2.48. The number of hydrogen-bond donors (Lipinski definition) is 0. The van der Waals surface area contributed by atoms with Crippen molar-refractivity contribution in [2.75, 3.05) is 26.7 Å². The molecule has 1 unspecified atom stereocenters. The SMILES string of the molecule is COC(=O)C(CN1CCCC1)c1ccccc1. The average Bonchev–Trinajstić information content (AvgIpc) is 2.89. The van der Waals surface area contributed by atoms with Crippen LogP contribution in [0.1, 0.15) is 24.3 Å². The van der Waals surface area contributed by atoms with Gasteiger partial charge in [-0.25, -0.2) is 0 Å². The number of hydrogen-bond acceptors (Lipinski definition) is 3. The van der Waals surface area contributed by atoms with Crippen LogP contribution in [-0.4, -0.2) is 37.6 Å². The molecule has 1 aromatic rings. The normalized spacial score (nSPS) is 17.9.